The van der Waals surface area contributed by atoms with E-state index in [1.165, 1.54) is 70.0 Å². The molecule has 0 heterocycles. The standard InChI is InChI=1S/C15H29NS/c1-16-14(11-10-13-6-2-3-7-13)12-17-15-8-4-5-9-15/h13-16H,2-12H2,1H3. The van der Waals surface area contributed by atoms with Crippen molar-refractivity contribution in [2.45, 2.75) is 75.5 Å². The molecule has 1 N–H and O–H groups in total. The molecule has 0 saturated heterocycles. The van der Waals surface area contributed by atoms with E-state index >= 15 is 0 Å². The van der Waals surface area contributed by atoms with Gasteiger partial charge in [0.1, 0.15) is 0 Å². The van der Waals surface area contributed by atoms with Crippen molar-refractivity contribution in [3.63, 3.8) is 0 Å². The van der Waals surface area contributed by atoms with Crippen LogP contribution in [0, 0.1) is 5.92 Å². The quantitative estimate of drug-likeness (QED) is 0.731. The molecular formula is C15H29NS. The van der Waals surface area contributed by atoms with Crippen LogP contribution in [-0.4, -0.2) is 24.1 Å². The lowest BCUT2D eigenvalue weighted by Crippen LogP contribution is -2.29. The summed E-state index contributed by atoms with van der Waals surface area (Å²) >= 11 is 2.24. The van der Waals surface area contributed by atoms with Crippen LogP contribution in [0.3, 0.4) is 0 Å². The van der Waals surface area contributed by atoms with Gasteiger partial charge in [0.25, 0.3) is 0 Å². The molecule has 0 aliphatic heterocycles. The zero-order valence-corrected chi connectivity index (χ0v) is 12.2. The molecule has 0 aromatic carbocycles. The van der Waals surface area contributed by atoms with Crippen LogP contribution < -0.4 is 5.32 Å². The molecule has 2 aliphatic carbocycles. The Morgan fingerprint density at radius 3 is 2.35 bits per heavy atom. The van der Waals surface area contributed by atoms with Gasteiger partial charge in [-0.1, -0.05) is 38.5 Å². The maximum Gasteiger partial charge on any atom is 0.0155 e. The number of nitrogens with one attached hydrogen (secondary N) is 1. The zero-order chi connectivity index (χ0) is 11.9. The van der Waals surface area contributed by atoms with E-state index in [1.807, 2.05) is 0 Å². The van der Waals surface area contributed by atoms with Gasteiger partial charge in [-0.2, -0.15) is 11.8 Å². The van der Waals surface area contributed by atoms with Crippen LogP contribution in [0.4, 0.5) is 0 Å². The van der Waals surface area contributed by atoms with Gasteiger partial charge in [0.15, 0.2) is 0 Å². The Morgan fingerprint density at radius 2 is 1.71 bits per heavy atom. The molecule has 0 aromatic heterocycles. The van der Waals surface area contributed by atoms with E-state index in [9.17, 15) is 0 Å². The summed E-state index contributed by atoms with van der Waals surface area (Å²) in [7, 11) is 2.15. The molecule has 2 saturated carbocycles. The lowest BCUT2D eigenvalue weighted by molar-refractivity contribution is 0.437. The molecule has 100 valence electrons. The van der Waals surface area contributed by atoms with Crippen LogP contribution in [0.5, 0.6) is 0 Å². The molecule has 0 aromatic rings. The summed E-state index contributed by atoms with van der Waals surface area (Å²) in [6, 6.07) is 0.765. The van der Waals surface area contributed by atoms with Crippen molar-refractivity contribution in [2.24, 2.45) is 5.92 Å². The number of hydrogen-bond donors (Lipinski definition) is 1. The summed E-state index contributed by atoms with van der Waals surface area (Å²) in [5, 5.41) is 4.51. The van der Waals surface area contributed by atoms with Gasteiger partial charge in [-0.05, 0) is 38.6 Å². The van der Waals surface area contributed by atoms with Crippen molar-refractivity contribution in [1.82, 2.24) is 5.32 Å². The largest absolute Gasteiger partial charge is 0.316 e. The first-order valence-electron chi connectivity index (χ1n) is 7.67. The average Bonchev–Trinajstić information content (AvgIpc) is 3.02. The highest BCUT2D eigenvalue weighted by Crippen LogP contribution is 2.32. The Balaban J connectivity index is 1.58. The lowest BCUT2D eigenvalue weighted by atomic mass is 9.99. The summed E-state index contributed by atoms with van der Waals surface area (Å²) in [6.45, 7) is 0. The molecule has 2 aliphatic rings. The van der Waals surface area contributed by atoms with Crippen molar-refractivity contribution < 1.29 is 0 Å². The number of thioether (sulfide) groups is 1. The van der Waals surface area contributed by atoms with Crippen molar-refractivity contribution >= 4 is 11.8 Å². The smallest absolute Gasteiger partial charge is 0.0155 e. The first-order chi connectivity index (χ1) is 8.38. The number of hydrogen-bond acceptors (Lipinski definition) is 2. The number of rotatable bonds is 7. The van der Waals surface area contributed by atoms with Gasteiger partial charge < -0.3 is 5.32 Å². The van der Waals surface area contributed by atoms with Crippen molar-refractivity contribution in [3.05, 3.63) is 0 Å². The highest BCUT2D eigenvalue weighted by atomic mass is 32.2. The summed E-state index contributed by atoms with van der Waals surface area (Å²) in [6.07, 6.45) is 14.8. The normalized spacial score (nSPS) is 24.5. The molecule has 2 rings (SSSR count). The van der Waals surface area contributed by atoms with Crippen LogP contribution in [0.15, 0.2) is 0 Å². The second kappa shape index (κ2) is 7.68. The van der Waals surface area contributed by atoms with Gasteiger partial charge in [0.2, 0.25) is 0 Å². The fourth-order valence-electron chi connectivity index (χ4n) is 3.35. The van der Waals surface area contributed by atoms with Crippen molar-refractivity contribution in [2.75, 3.05) is 12.8 Å². The van der Waals surface area contributed by atoms with Crippen LogP contribution >= 0.6 is 11.8 Å². The maximum absolute atomic E-state index is 3.53. The van der Waals surface area contributed by atoms with Crippen LogP contribution in [0.2, 0.25) is 0 Å². The van der Waals surface area contributed by atoms with E-state index in [0.717, 1.165) is 17.2 Å². The SMILES string of the molecule is CNC(CCC1CCCC1)CSC1CCCC1. The molecule has 0 bridgehead atoms. The summed E-state index contributed by atoms with van der Waals surface area (Å²) in [5.74, 6) is 2.40. The monoisotopic (exact) mass is 255 g/mol. The lowest BCUT2D eigenvalue weighted by Gasteiger charge is -2.19. The van der Waals surface area contributed by atoms with Gasteiger partial charge in [-0.25, -0.2) is 0 Å². The minimum atomic E-state index is 0.765. The van der Waals surface area contributed by atoms with E-state index in [2.05, 4.69) is 24.1 Å². The first kappa shape index (κ1) is 13.7. The summed E-state index contributed by atoms with van der Waals surface area (Å²) in [5.41, 5.74) is 0. The summed E-state index contributed by atoms with van der Waals surface area (Å²) < 4.78 is 0. The first-order valence-corrected chi connectivity index (χ1v) is 8.72. The molecule has 17 heavy (non-hydrogen) atoms. The van der Waals surface area contributed by atoms with Crippen LogP contribution in [0.25, 0.3) is 0 Å². The maximum atomic E-state index is 3.53. The van der Waals surface area contributed by atoms with Gasteiger partial charge in [0, 0.05) is 17.0 Å². The van der Waals surface area contributed by atoms with Gasteiger partial charge in [-0.15, -0.1) is 0 Å². The fraction of sp³-hybridized carbons (Fsp3) is 1.00. The molecule has 0 radical (unpaired) electrons. The molecule has 1 unspecified atom stereocenters. The second-order valence-corrected chi connectivity index (χ2v) is 7.29. The van der Waals surface area contributed by atoms with E-state index in [-0.39, 0.29) is 0 Å². The Kier molecular flexibility index (Phi) is 6.21. The van der Waals surface area contributed by atoms with Gasteiger partial charge in [-0.3, -0.25) is 0 Å². The Hall–Kier alpha value is 0.310. The van der Waals surface area contributed by atoms with E-state index in [0.29, 0.717) is 0 Å². The van der Waals surface area contributed by atoms with Gasteiger partial charge in [0.05, 0.1) is 0 Å². The topological polar surface area (TPSA) is 12.0 Å². The Bertz CT molecular complexity index is 175. The van der Waals surface area contributed by atoms with E-state index in [1.54, 1.807) is 0 Å². The Morgan fingerprint density at radius 1 is 1.06 bits per heavy atom. The van der Waals surface area contributed by atoms with Crippen LogP contribution in [0.1, 0.15) is 64.2 Å². The van der Waals surface area contributed by atoms with E-state index in [4.69, 9.17) is 0 Å². The molecule has 0 spiro atoms. The molecule has 1 nitrogen and oxygen atoms in total. The van der Waals surface area contributed by atoms with Crippen molar-refractivity contribution in [3.8, 4) is 0 Å². The highest BCUT2D eigenvalue weighted by molar-refractivity contribution is 7.99. The highest BCUT2D eigenvalue weighted by Gasteiger charge is 2.19. The third kappa shape index (κ3) is 4.82. The second-order valence-electron chi connectivity index (χ2n) is 5.95. The van der Waals surface area contributed by atoms with Gasteiger partial charge >= 0.3 is 0 Å². The predicted octanol–water partition coefficient (Wildman–Crippen LogP) is 4.22. The zero-order valence-electron chi connectivity index (χ0n) is 11.4. The molecule has 2 fully saturated rings. The molecular weight excluding hydrogens is 226 g/mol. The molecule has 2 heteroatoms. The predicted molar refractivity (Wildman–Crippen MR) is 78.8 cm³/mol. The molecule has 1 atom stereocenters. The van der Waals surface area contributed by atoms with Crippen LogP contribution in [-0.2, 0) is 0 Å². The minimum absolute atomic E-state index is 0.765. The third-order valence-corrected chi connectivity index (χ3v) is 6.18. The molecule has 0 amide bonds. The fourth-order valence-corrected chi connectivity index (χ4v) is 4.86. The summed E-state index contributed by atoms with van der Waals surface area (Å²) in [4.78, 5) is 0. The average molecular weight is 255 g/mol. The minimum Gasteiger partial charge on any atom is -0.316 e. The van der Waals surface area contributed by atoms with E-state index < -0.39 is 0 Å². The third-order valence-electron chi connectivity index (χ3n) is 4.64. The van der Waals surface area contributed by atoms with Crippen molar-refractivity contribution in [1.29, 1.82) is 0 Å². The Labute approximate surface area is 112 Å².